The predicted octanol–water partition coefficient (Wildman–Crippen LogP) is -3.32. The molecule has 17 nitrogen and oxygen atoms in total. The van der Waals surface area contributed by atoms with E-state index < -0.39 is 47.0 Å². The van der Waals surface area contributed by atoms with Crippen LogP contribution >= 0.6 is 34.9 Å². The van der Waals surface area contributed by atoms with Crippen LogP contribution in [-0.4, -0.2) is 78.5 Å². The monoisotopic (exact) mass is 610 g/mol. The summed E-state index contributed by atoms with van der Waals surface area (Å²) < 4.78 is 1.09. The molecule has 2 aliphatic heterocycles. The van der Waals surface area contributed by atoms with Crippen molar-refractivity contribution in [2.75, 3.05) is 34.5 Å². The number of nitrogens with one attached hydrogen (secondary N) is 1. The Morgan fingerprint density at radius 3 is 2.73 bits per heavy atom. The number of nitrogen functional groups attached to an aromatic ring is 4. The molecule has 4 heterocycles. The van der Waals surface area contributed by atoms with Gasteiger partial charge in [-0.3, -0.25) is 20.3 Å². The molecule has 10 N–H and O–H groups in total. The number of aliphatic carboxylic acids is 2. The van der Waals surface area contributed by atoms with Gasteiger partial charge in [0, 0.05) is 16.9 Å². The van der Waals surface area contributed by atoms with E-state index in [2.05, 4.69) is 20.4 Å². The van der Waals surface area contributed by atoms with Gasteiger partial charge in [0.2, 0.25) is 17.7 Å². The van der Waals surface area contributed by atoms with Gasteiger partial charge in [-0.2, -0.15) is 0 Å². The van der Waals surface area contributed by atoms with Crippen LogP contribution in [0.5, 0.6) is 0 Å². The SMILES string of the molecule is C[C@H](O/N=C(/C(=O)NC1C(=O)N2C(C(=O)[O-])=C(CSc3nc(N)cc(N)[n+]3N)CSC12)c1csc(N)n1)C(=O)O. The Labute approximate surface area is 237 Å². The number of thiazole rings is 1. The summed E-state index contributed by atoms with van der Waals surface area (Å²) in [7, 11) is 0. The molecule has 212 valence electrons. The molecule has 1 saturated heterocycles. The van der Waals surface area contributed by atoms with Gasteiger partial charge in [0.1, 0.15) is 17.1 Å². The number of nitrogens with two attached hydrogens (primary N) is 4. The molecular weight excluding hydrogens is 588 g/mol. The number of carboxylic acids is 2. The van der Waals surface area contributed by atoms with E-state index in [1.54, 1.807) is 0 Å². The largest absolute Gasteiger partial charge is 0.543 e. The van der Waals surface area contributed by atoms with Gasteiger partial charge < -0.3 is 42.4 Å². The first-order valence-corrected chi connectivity index (χ1v) is 14.0. The Kier molecular flexibility index (Phi) is 8.21. The Morgan fingerprint density at radius 1 is 1.38 bits per heavy atom. The van der Waals surface area contributed by atoms with Gasteiger partial charge in [0.05, 0.1) is 17.7 Å². The molecular formula is C20H22N10O7S3. The number of amides is 2. The molecule has 20 heteroatoms. The first kappa shape index (κ1) is 28.7. The molecule has 2 aromatic rings. The summed E-state index contributed by atoms with van der Waals surface area (Å²) in [6, 6.07) is 0.239. The van der Waals surface area contributed by atoms with Gasteiger partial charge in [-0.15, -0.1) is 27.8 Å². The lowest BCUT2D eigenvalue weighted by Gasteiger charge is -2.50. The van der Waals surface area contributed by atoms with E-state index >= 15 is 0 Å². The lowest BCUT2D eigenvalue weighted by Crippen LogP contribution is -2.71. The number of carboxylic acid groups (broad SMARTS) is 2. The predicted molar refractivity (Wildman–Crippen MR) is 142 cm³/mol. The number of nitrogens with zero attached hydrogens (tertiary/aromatic N) is 5. The maximum Gasteiger partial charge on any atom is 0.347 e. The second-order valence-corrected chi connectivity index (χ2v) is 11.2. The van der Waals surface area contributed by atoms with Gasteiger partial charge in [-0.05, 0) is 24.3 Å². The number of oxime groups is 1. The average Bonchev–Trinajstić information content (AvgIpc) is 3.33. The number of thioether (sulfide) groups is 2. The van der Waals surface area contributed by atoms with Crippen LogP contribution in [0.2, 0.25) is 0 Å². The molecule has 0 bridgehead atoms. The van der Waals surface area contributed by atoms with Crippen LogP contribution in [0.25, 0.3) is 0 Å². The van der Waals surface area contributed by atoms with Crippen molar-refractivity contribution in [3.8, 4) is 0 Å². The third-order valence-electron chi connectivity index (χ3n) is 5.54. The van der Waals surface area contributed by atoms with E-state index in [-0.39, 0.29) is 44.8 Å². The second-order valence-electron chi connectivity index (χ2n) is 8.24. The number of fused-ring (bicyclic) bond motifs is 1. The minimum absolute atomic E-state index is 0.0000780. The van der Waals surface area contributed by atoms with Crippen LogP contribution < -0.4 is 38.1 Å². The highest BCUT2D eigenvalue weighted by Crippen LogP contribution is 2.41. The minimum atomic E-state index is -1.57. The summed E-state index contributed by atoms with van der Waals surface area (Å²) >= 11 is 3.28. The highest BCUT2D eigenvalue weighted by atomic mass is 32.2. The van der Waals surface area contributed by atoms with E-state index in [0.717, 1.165) is 32.7 Å². The molecule has 3 atom stereocenters. The molecule has 2 aliphatic rings. The quantitative estimate of drug-likeness (QED) is 0.0292. The smallest absolute Gasteiger partial charge is 0.347 e. The van der Waals surface area contributed by atoms with Crippen LogP contribution in [0.4, 0.5) is 16.8 Å². The van der Waals surface area contributed by atoms with Crippen molar-refractivity contribution < 1.29 is 38.9 Å². The number of hydrogen-bond donors (Lipinski definition) is 6. The van der Waals surface area contributed by atoms with Gasteiger partial charge in [-0.25, -0.2) is 9.78 Å². The van der Waals surface area contributed by atoms with Crippen molar-refractivity contribution in [3.05, 3.63) is 28.4 Å². The third kappa shape index (κ3) is 5.67. The zero-order valence-corrected chi connectivity index (χ0v) is 22.9. The maximum atomic E-state index is 13.1. The second kappa shape index (κ2) is 11.4. The number of aromatic nitrogens is 3. The first-order chi connectivity index (χ1) is 18.9. The fourth-order valence-electron chi connectivity index (χ4n) is 3.55. The molecule has 0 aromatic carbocycles. The normalized spacial score (nSPS) is 19.5. The van der Waals surface area contributed by atoms with Crippen molar-refractivity contribution in [2.45, 2.75) is 29.6 Å². The van der Waals surface area contributed by atoms with E-state index in [9.17, 15) is 24.3 Å². The Bertz CT molecular complexity index is 1460. The number of β-lactam (4-membered cyclic amide) rings is 1. The molecule has 0 spiro atoms. The third-order valence-corrected chi connectivity index (χ3v) is 8.59. The Balaban J connectivity index is 1.52. The summed E-state index contributed by atoms with van der Waals surface area (Å²) in [6.07, 6.45) is -1.38. The van der Waals surface area contributed by atoms with Crippen LogP contribution in [-0.2, 0) is 24.0 Å². The van der Waals surface area contributed by atoms with E-state index in [1.165, 1.54) is 30.1 Å². The summed E-state index contributed by atoms with van der Waals surface area (Å²) in [6.45, 7) is 1.21. The first-order valence-electron chi connectivity index (χ1n) is 11.1. The van der Waals surface area contributed by atoms with Gasteiger partial charge >= 0.3 is 11.1 Å². The van der Waals surface area contributed by atoms with Crippen molar-refractivity contribution >= 4 is 81.1 Å². The van der Waals surface area contributed by atoms with Crippen LogP contribution in [0.1, 0.15) is 12.6 Å². The molecule has 1 fully saturated rings. The van der Waals surface area contributed by atoms with Crippen LogP contribution in [0.3, 0.4) is 0 Å². The zero-order valence-electron chi connectivity index (χ0n) is 20.5. The number of carbonyl (C=O) groups is 4. The molecule has 2 aromatic heterocycles. The highest BCUT2D eigenvalue weighted by molar-refractivity contribution is 8.01. The van der Waals surface area contributed by atoms with Crippen LogP contribution in [0, 0.1) is 0 Å². The van der Waals surface area contributed by atoms with E-state index in [1.807, 2.05) is 0 Å². The topological polar surface area (TPSA) is 282 Å². The molecule has 40 heavy (non-hydrogen) atoms. The zero-order chi connectivity index (χ0) is 29.3. The Morgan fingerprint density at radius 2 is 2.10 bits per heavy atom. The fraction of sp³-hybridized carbons (Fsp3) is 0.300. The summed E-state index contributed by atoms with van der Waals surface area (Å²) in [5.74, 6) is 1.90. The molecule has 2 amide bonds. The molecule has 2 unspecified atom stereocenters. The van der Waals surface area contributed by atoms with Crippen molar-refractivity contribution in [1.29, 1.82) is 0 Å². The number of rotatable bonds is 10. The average molecular weight is 611 g/mol. The lowest BCUT2D eigenvalue weighted by atomic mass is 10.0. The summed E-state index contributed by atoms with van der Waals surface area (Å²) in [5.41, 5.74) is 16.8. The summed E-state index contributed by atoms with van der Waals surface area (Å²) in [4.78, 5) is 63.2. The minimum Gasteiger partial charge on any atom is -0.543 e. The van der Waals surface area contributed by atoms with E-state index in [0.29, 0.717) is 5.57 Å². The van der Waals surface area contributed by atoms with Gasteiger partial charge in [-0.1, -0.05) is 10.1 Å². The van der Waals surface area contributed by atoms with Crippen molar-refractivity contribution in [3.63, 3.8) is 0 Å². The maximum absolute atomic E-state index is 13.1. The van der Waals surface area contributed by atoms with E-state index in [4.69, 9.17) is 33.0 Å². The van der Waals surface area contributed by atoms with Gasteiger partial charge in [0.15, 0.2) is 10.8 Å². The molecule has 0 aliphatic carbocycles. The van der Waals surface area contributed by atoms with Crippen molar-refractivity contribution in [2.24, 2.45) is 5.16 Å². The fourth-order valence-corrected chi connectivity index (χ4v) is 6.53. The number of anilines is 3. The standard InChI is InChI=1S/C20H22N10O7S3/c1-6(17(33)34)37-28-11(8-5-39-19(23)25-8)14(31)27-12-15(32)29-13(18(35)36)7(3-38-16(12)29)4-40-20-26-9(21)2-10(22)30(20)24/h2,5-6,12,16H,3-4,24H2,1H3,(H8,21,22,23,25,27,31,33,34,35,36)/b28-11+/t6-,12?,16?/m0/s1. The lowest BCUT2D eigenvalue weighted by molar-refractivity contribution is -0.667. The summed E-state index contributed by atoms with van der Waals surface area (Å²) in [5, 5.41) is 28.2. The molecule has 4 rings (SSSR count). The molecule has 0 radical (unpaired) electrons. The number of hydrogen-bond acceptors (Lipinski definition) is 16. The highest BCUT2D eigenvalue weighted by Gasteiger charge is 2.53. The Hall–Kier alpha value is -4.30. The van der Waals surface area contributed by atoms with Crippen LogP contribution in [0.15, 0.2) is 33.0 Å². The number of carbonyl (C=O) groups excluding carboxylic acids is 3. The van der Waals surface area contributed by atoms with Gasteiger partial charge in [0.25, 0.3) is 11.8 Å². The molecule has 0 saturated carbocycles. The van der Waals surface area contributed by atoms with Crippen molar-refractivity contribution in [1.82, 2.24) is 20.2 Å².